The van der Waals surface area contributed by atoms with Gasteiger partial charge in [-0.2, -0.15) is 0 Å². The smallest absolute Gasteiger partial charge is 0.234 e. The molecule has 1 aromatic heterocycles. The highest BCUT2D eigenvalue weighted by molar-refractivity contribution is 5.78. The Labute approximate surface area is 113 Å². The molecule has 2 rings (SSSR count). The van der Waals surface area contributed by atoms with Gasteiger partial charge >= 0.3 is 0 Å². The van der Waals surface area contributed by atoms with Crippen LogP contribution in [0.5, 0.6) is 0 Å². The first kappa shape index (κ1) is 14.0. The number of aromatic nitrogens is 1. The zero-order valence-corrected chi connectivity index (χ0v) is 11.4. The Morgan fingerprint density at radius 3 is 2.79 bits per heavy atom. The summed E-state index contributed by atoms with van der Waals surface area (Å²) in [6.45, 7) is 0.360. The molecule has 0 saturated heterocycles. The van der Waals surface area contributed by atoms with Crippen LogP contribution >= 0.6 is 0 Å². The van der Waals surface area contributed by atoms with E-state index in [2.05, 4.69) is 10.3 Å². The van der Waals surface area contributed by atoms with E-state index in [1.165, 1.54) is 0 Å². The Balaban J connectivity index is 2.05. The molecular formula is C14H21N3O2. The van der Waals surface area contributed by atoms with Gasteiger partial charge in [-0.1, -0.05) is 6.07 Å². The number of aliphatic hydroxyl groups is 1. The highest BCUT2D eigenvalue weighted by Crippen LogP contribution is 2.37. The summed E-state index contributed by atoms with van der Waals surface area (Å²) in [7, 11) is 3.73. The van der Waals surface area contributed by atoms with Gasteiger partial charge in [0.1, 0.15) is 0 Å². The molecule has 1 heterocycles. The Morgan fingerprint density at radius 1 is 1.53 bits per heavy atom. The number of rotatable bonds is 5. The summed E-state index contributed by atoms with van der Waals surface area (Å²) in [6.07, 6.45) is 2.95. The Bertz CT molecular complexity index is 416. The molecule has 2 N–H and O–H groups in total. The molecule has 0 aromatic carbocycles. The van der Waals surface area contributed by atoms with Gasteiger partial charge in [0.25, 0.3) is 0 Å². The molecule has 5 heteroatoms. The normalized spacial score (nSPS) is 23.8. The minimum absolute atomic E-state index is 0.0120. The van der Waals surface area contributed by atoms with Crippen molar-refractivity contribution in [1.82, 2.24) is 15.2 Å². The first-order chi connectivity index (χ1) is 9.06. The van der Waals surface area contributed by atoms with Crippen LogP contribution in [0.25, 0.3) is 0 Å². The number of hydrogen-bond donors (Lipinski definition) is 2. The van der Waals surface area contributed by atoms with Crippen LogP contribution in [0.2, 0.25) is 0 Å². The molecule has 19 heavy (non-hydrogen) atoms. The lowest BCUT2D eigenvalue weighted by Crippen LogP contribution is -2.44. The van der Waals surface area contributed by atoms with Crippen molar-refractivity contribution in [2.45, 2.75) is 25.0 Å². The molecule has 0 unspecified atom stereocenters. The largest absolute Gasteiger partial charge is 0.393 e. The lowest BCUT2D eigenvalue weighted by molar-refractivity contribution is -0.123. The standard InChI is InChI=1S/C14H21N3O2/c1-17(2)9-13(19)16-14(10-7-11(18)8-10)12-5-3-4-6-15-12/h3-6,10-11,14,18H,7-9H2,1-2H3,(H,16,19)/t10?,11?,14-/m1/s1. The molecule has 1 saturated carbocycles. The second-order valence-corrected chi connectivity index (χ2v) is 5.42. The number of carbonyl (C=O) groups is 1. The maximum Gasteiger partial charge on any atom is 0.234 e. The lowest BCUT2D eigenvalue weighted by atomic mass is 9.76. The van der Waals surface area contributed by atoms with Crippen LogP contribution in [0.1, 0.15) is 24.6 Å². The molecule has 1 amide bonds. The minimum Gasteiger partial charge on any atom is -0.393 e. The van der Waals surface area contributed by atoms with E-state index in [4.69, 9.17) is 0 Å². The van der Waals surface area contributed by atoms with Crippen molar-refractivity contribution in [2.75, 3.05) is 20.6 Å². The quantitative estimate of drug-likeness (QED) is 0.815. The van der Waals surface area contributed by atoms with Gasteiger partial charge in [0.2, 0.25) is 5.91 Å². The summed E-state index contributed by atoms with van der Waals surface area (Å²) in [5.41, 5.74) is 0.867. The topological polar surface area (TPSA) is 65.5 Å². The summed E-state index contributed by atoms with van der Waals surface area (Å²) in [4.78, 5) is 18.1. The molecule has 1 aliphatic rings. The number of nitrogens with zero attached hydrogens (tertiary/aromatic N) is 2. The summed E-state index contributed by atoms with van der Waals surface area (Å²) >= 11 is 0. The van der Waals surface area contributed by atoms with Crippen LogP contribution in [0.15, 0.2) is 24.4 Å². The van der Waals surface area contributed by atoms with Gasteiger partial charge in [-0.3, -0.25) is 9.78 Å². The summed E-state index contributed by atoms with van der Waals surface area (Å²) in [5, 5.41) is 12.5. The molecule has 1 aromatic rings. The molecule has 0 aliphatic heterocycles. The fraction of sp³-hybridized carbons (Fsp3) is 0.571. The number of likely N-dealkylation sites (N-methyl/N-ethyl adjacent to an activating group) is 1. The van der Waals surface area contributed by atoms with E-state index in [0.717, 1.165) is 18.5 Å². The number of amides is 1. The van der Waals surface area contributed by atoms with Crippen molar-refractivity contribution in [1.29, 1.82) is 0 Å². The Kier molecular flexibility index (Phi) is 4.50. The van der Waals surface area contributed by atoms with Crippen LogP contribution in [-0.2, 0) is 4.79 Å². The molecule has 1 aliphatic carbocycles. The molecule has 0 spiro atoms. The first-order valence-corrected chi connectivity index (χ1v) is 6.59. The molecular weight excluding hydrogens is 242 g/mol. The molecule has 1 fully saturated rings. The third kappa shape index (κ3) is 3.75. The van der Waals surface area contributed by atoms with Crippen molar-refractivity contribution < 1.29 is 9.90 Å². The van der Waals surface area contributed by atoms with Crippen LogP contribution in [-0.4, -0.2) is 47.6 Å². The van der Waals surface area contributed by atoms with E-state index in [0.29, 0.717) is 6.54 Å². The molecule has 0 radical (unpaired) electrons. The third-order valence-electron chi connectivity index (χ3n) is 3.40. The number of nitrogens with one attached hydrogen (secondary N) is 1. The highest BCUT2D eigenvalue weighted by atomic mass is 16.3. The zero-order valence-electron chi connectivity index (χ0n) is 11.4. The van der Waals surface area contributed by atoms with Gasteiger partial charge < -0.3 is 15.3 Å². The molecule has 0 bridgehead atoms. The van der Waals surface area contributed by atoms with Crippen molar-refractivity contribution in [2.24, 2.45) is 5.92 Å². The summed E-state index contributed by atoms with van der Waals surface area (Å²) in [6, 6.07) is 5.60. The van der Waals surface area contributed by atoms with Gasteiger partial charge in [-0.15, -0.1) is 0 Å². The fourth-order valence-corrected chi connectivity index (χ4v) is 2.40. The van der Waals surface area contributed by atoms with Crippen LogP contribution in [0.4, 0.5) is 0 Å². The monoisotopic (exact) mass is 263 g/mol. The van der Waals surface area contributed by atoms with Gasteiger partial charge in [-0.25, -0.2) is 0 Å². The molecule has 104 valence electrons. The minimum atomic E-state index is -0.234. The summed E-state index contributed by atoms with van der Waals surface area (Å²) < 4.78 is 0. The zero-order chi connectivity index (χ0) is 13.8. The summed E-state index contributed by atoms with van der Waals surface area (Å²) in [5.74, 6) is 0.262. The molecule has 1 atom stereocenters. The highest BCUT2D eigenvalue weighted by Gasteiger charge is 2.36. The van der Waals surface area contributed by atoms with Crippen molar-refractivity contribution >= 4 is 5.91 Å². The van der Waals surface area contributed by atoms with Crippen molar-refractivity contribution in [3.8, 4) is 0 Å². The van der Waals surface area contributed by atoms with Gasteiger partial charge in [0.15, 0.2) is 0 Å². The Hall–Kier alpha value is -1.46. The van der Waals surface area contributed by atoms with Crippen LogP contribution in [0, 0.1) is 5.92 Å². The van der Waals surface area contributed by atoms with Gasteiger partial charge in [-0.05, 0) is 45.0 Å². The number of aliphatic hydroxyl groups excluding tert-OH is 1. The second-order valence-electron chi connectivity index (χ2n) is 5.42. The van der Waals surface area contributed by atoms with E-state index in [1.807, 2.05) is 37.2 Å². The first-order valence-electron chi connectivity index (χ1n) is 6.59. The van der Waals surface area contributed by atoms with E-state index in [1.54, 1.807) is 6.20 Å². The number of carbonyl (C=O) groups excluding carboxylic acids is 1. The maximum atomic E-state index is 11.9. The van der Waals surface area contributed by atoms with Crippen LogP contribution < -0.4 is 5.32 Å². The van der Waals surface area contributed by atoms with Crippen LogP contribution in [0.3, 0.4) is 0 Å². The maximum absolute atomic E-state index is 11.9. The van der Waals surface area contributed by atoms with E-state index in [-0.39, 0.29) is 24.0 Å². The predicted molar refractivity (Wildman–Crippen MR) is 72.4 cm³/mol. The number of pyridine rings is 1. The molecule has 5 nitrogen and oxygen atoms in total. The van der Waals surface area contributed by atoms with Crippen molar-refractivity contribution in [3.63, 3.8) is 0 Å². The van der Waals surface area contributed by atoms with Gasteiger partial charge in [0.05, 0.1) is 24.4 Å². The van der Waals surface area contributed by atoms with E-state index in [9.17, 15) is 9.90 Å². The fourth-order valence-electron chi connectivity index (χ4n) is 2.40. The van der Waals surface area contributed by atoms with E-state index >= 15 is 0 Å². The van der Waals surface area contributed by atoms with Gasteiger partial charge in [0, 0.05) is 6.20 Å². The Morgan fingerprint density at radius 2 is 2.26 bits per heavy atom. The average molecular weight is 263 g/mol. The lowest BCUT2D eigenvalue weighted by Gasteiger charge is -2.37. The van der Waals surface area contributed by atoms with Crippen molar-refractivity contribution in [3.05, 3.63) is 30.1 Å². The van der Waals surface area contributed by atoms with E-state index < -0.39 is 0 Å². The average Bonchev–Trinajstić information content (AvgIpc) is 2.33. The SMILES string of the molecule is CN(C)CC(=O)N[C@@H](c1ccccn1)C1CC(O)C1. The second kappa shape index (κ2) is 6.12. The number of hydrogen-bond acceptors (Lipinski definition) is 4. The predicted octanol–water partition coefficient (Wildman–Crippen LogP) is 0.571. The third-order valence-corrected chi connectivity index (χ3v) is 3.40.